The number of hydrogen-bond donors (Lipinski definition) is 1. The van der Waals surface area contributed by atoms with Gasteiger partial charge in [0.25, 0.3) is 0 Å². The van der Waals surface area contributed by atoms with E-state index in [9.17, 15) is 0 Å². The predicted octanol–water partition coefficient (Wildman–Crippen LogP) is 3.58. The zero-order valence-corrected chi connectivity index (χ0v) is 14.1. The summed E-state index contributed by atoms with van der Waals surface area (Å²) in [7, 11) is 0. The van der Waals surface area contributed by atoms with Gasteiger partial charge in [0.1, 0.15) is 0 Å². The van der Waals surface area contributed by atoms with Crippen LogP contribution in [-0.4, -0.2) is 28.0 Å². The zero-order chi connectivity index (χ0) is 16.6. The molecule has 0 saturated carbocycles. The molecule has 1 aliphatic heterocycles. The Bertz CT molecular complexity index is 929. The van der Waals surface area contributed by atoms with Gasteiger partial charge in [-0.25, -0.2) is 4.98 Å². The number of fused-ring (bicyclic) bond motifs is 3. The van der Waals surface area contributed by atoms with Gasteiger partial charge in [-0.15, -0.1) is 0 Å². The molecule has 0 unspecified atom stereocenters. The Morgan fingerprint density at radius 1 is 0.960 bits per heavy atom. The maximum absolute atomic E-state index is 5.00. The molecule has 25 heavy (non-hydrogen) atoms. The number of aromatic nitrogens is 3. The quantitative estimate of drug-likeness (QED) is 0.611. The second kappa shape index (κ2) is 6.05. The lowest BCUT2D eigenvalue weighted by Gasteiger charge is -2.22. The molecular weight excluding hydrogens is 308 g/mol. The van der Waals surface area contributed by atoms with Crippen molar-refractivity contribution in [3.8, 4) is 22.4 Å². The highest BCUT2D eigenvalue weighted by atomic mass is 14.9. The van der Waals surface area contributed by atoms with E-state index in [1.807, 2.05) is 18.6 Å². The lowest BCUT2D eigenvalue weighted by atomic mass is 9.94. The van der Waals surface area contributed by atoms with Crippen molar-refractivity contribution in [3.63, 3.8) is 0 Å². The Kier molecular flexibility index (Phi) is 3.56. The topological polar surface area (TPSA) is 50.7 Å². The molecule has 3 aromatic rings. The van der Waals surface area contributed by atoms with Crippen LogP contribution in [0.25, 0.3) is 22.4 Å². The fraction of sp³-hybridized carbons (Fsp3) is 0.286. The van der Waals surface area contributed by atoms with Gasteiger partial charge in [0.05, 0.1) is 23.3 Å². The lowest BCUT2D eigenvalue weighted by molar-refractivity contribution is 0.452. The van der Waals surface area contributed by atoms with Crippen LogP contribution in [-0.2, 0) is 6.42 Å². The van der Waals surface area contributed by atoms with Crippen molar-refractivity contribution in [2.24, 2.45) is 0 Å². The van der Waals surface area contributed by atoms with Gasteiger partial charge in [0.2, 0.25) is 0 Å². The molecule has 0 amide bonds. The van der Waals surface area contributed by atoms with Crippen molar-refractivity contribution in [2.75, 3.05) is 13.1 Å². The molecule has 4 nitrogen and oxygen atoms in total. The first-order valence-corrected chi connectivity index (χ1v) is 8.99. The normalized spacial score (nSPS) is 16.5. The summed E-state index contributed by atoms with van der Waals surface area (Å²) in [6.45, 7) is 2.13. The van der Waals surface area contributed by atoms with Crippen molar-refractivity contribution in [3.05, 3.63) is 65.9 Å². The Hall–Kier alpha value is -2.59. The van der Waals surface area contributed by atoms with Gasteiger partial charge in [-0.3, -0.25) is 9.97 Å². The van der Waals surface area contributed by atoms with Gasteiger partial charge in [0.15, 0.2) is 0 Å². The molecule has 2 aliphatic rings. The van der Waals surface area contributed by atoms with E-state index in [0.717, 1.165) is 55.0 Å². The number of nitrogens with zero attached hydrogens (tertiary/aromatic N) is 3. The molecule has 1 aliphatic carbocycles. The van der Waals surface area contributed by atoms with Crippen LogP contribution >= 0.6 is 0 Å². The van der Waals surface area contributed by atoms with Gasteiger partial charge < -0.3 is 5.32 Å². The van der Waals surface area contributed by atoms with E-state index in [4.69, 9.17) is 4.98 Å². The van der Waals surface area contributed by atoms with Gasteiger partial charge in [-0.2, -0.15) is 0 Å². The fourth-order valence-electron chi connectivity index (χ4n) is 4.08. The van der Waals surface area contributed by atoms with E-state index in [1.165, 1.54) is 16.7 Å². The summed E-state index contributed by atoms with van der Waals surface area (Å²) < 4.78 is 0. The first-order chi connectivity index (χ1) is 12.4. The van der Waals surface area contributed by atoms with Crippen molar-refractivity contribution < 1.29 is 0 Å². The number of benzene rings is 1. The van der Waals surface area contributed by atoms with Gasteiger partial charge in [0, 0.05) is 35.9 Å². The SMILES string of the molecule is c1ccc2c(c1)Cc1nccc(-c3cncc(C4CCNCC4)n3)c1-2. The summed E-state index contributed by atoms with van der Waals surface area (Å²) in [6.07, 6.45) is 8.90. The summed E-state index contributed by atoms with van der Waals surface area (Å²) in [5.74, 6) is 0.510. The highest BCUT2D eigenvalue weighted by Crippen LogP contribution is 2.41. The van der Waals surface area contributed by atoms with Crippen LogP contribution in [0.5, 0.6) is 0 Å². The third kappa shape index (κ3) is 2.53. The Labute approximate surface area is 147 Å². The van der Waals surface area contributed by atoms with Gasteiger partial charge in [-0.05, 0) is 43.1 Å². The summed E-state index contributed by atoms with van der Waals surface area (Å²) in [4.78, 5) is 14.1. The lowest BCUT2D eigenvalue weighted by Crippen LogP contribution is -2.27. The van der Waals surface area contributed by atoms with E-state index in [0.29, 0.717) is 5.92 Å². The summed E-state index contributed by atoms with van der Waals surface area (Å²) in [6, 6.07) is 10.7. The highest BCUT2D eigenvalue weighted by Gasteiger charge is 2.24. The molecular formula is C21H20N4. The minimum atomic E-state index is 0.510. The van der Waals surface area contributed by atoms with Crippen LogP contribution in [0, 0.1) is 0 Å². The average molecular weight is 328 g/mol. The van der Waals surface area contributed by atoms with Gasteiger partial charge in [-0.1, -0.05) is 24.3 Å². The molecule has 0 radical (unpaired) electrons. The molecule has 0 spiro atoms. The zero-order valence-electron chi connectivity index (χ0n) is 14.1. The Morgan fingerprint density at radius 2 is 1.84 bits per heavy atom. The average Bonchev–Trinajstić information content (AvgIpc) is 3.07. The first-order valence-electron chi connectivity index (χ1n) is 8.99. The predicted molar refractivity (Wildman–Crippen MR) is 98.3 cm³/mol. The minimum absolute atomic E-state index is 0.510. The molecule has 1 aromatic carbocycles. The Balaban J connectivity index is 1.61. The third-order valence-electron chi connectivity index (χ3n) is 5.36. The molecule has 2 aromatic heterocycles. The third-order valence-corrected chi connectivity index (χ3v) is 5.36. The molecule has 1 saturated heterocycles. The summed E-state index contributed by atoms with van der Waals surface area (Å²) in [5, 5.41) is 3.42. The molecule has 3 heterocycles. The number of hydrogen-bond acceptors (Lipinski definition) is 4. The molecule has 0 atom stereocenters. The van der Waals surface area contributed by atoms with E-state index < -0.39 is 0 Å². The molecule has 1 N–H and O–H groups in total. The molecule has 0 bridgehead atoms. The number of piperidine rings is 1. The van der Waals surface area contributed by atoms with E-state index in [1.54, 1.807) is 0 Å². The monoisotopic (exact) mass is 328 g/mol. The Morgan fingerprint density at radius 3 is 2.76 bits per heavy atom. The van der Waals surface area contributed by atoms with Crippen LogP contribution in [0.2, 0.25) is 0 Å². The highest BCUT2D eigenvalue weighted by molar-refractivity contribution is 5.87. The van der Waals surface area contributed by atoms with Gasteiger partial charge >= 0.3 is 0 Å². The van der Waals surface area contributed by atoms with Crippen molar-refractivity contribution in [2.45, 2.75) is 25.2 Å². The number of rotatable bonds is 2. The van der Waals surface area contributed by atoms with E-state index in [2.05, 4.69) is 45.6 Å². The number of nitrogens with one attached hydrogen (secondary N) is 1. The smallest absolute Gasteiger partial charge is 0.0896 e. The summed E-state index contributed by atoms with van der Waals surface area (Å²) >= 11 is 0. The maximum Gasteiger partial charge on any atom is 0.0896 e. The van der Waals surface area contributed by atoms with Crippen LogP contribution in [0.3, 0.4) is 0 Å². The van der Waals surface area contributed by atoms with Crippen molar-refractivity contribution in [1.82, 2.24) is 20.3 Å². The largest absolute Gasteiger partial charge is 0.317 e. The second-order valence-electron chi connectivity index (χ2n) is 6.87. The van der Waals surface area contributed by atoms with Crippen molar-refractivity contribution in [1.29, 1.82) is 0 Å². The van der Waals surface area contributed by atoms with E-state index in [-0.39, 0.29) is 0 Å². The van der Waals surface area contributed by atoms with Crippen LogP contribution in [0.15, 0.2) is 48.9 Å². The fourth-order valence-corrected chi connectivity index (χ4v) is 4.08. The molecule has 124 valence electrons. The molecule has 1 fully saturated rings. The maximum atomic E-state index is 5.00. The standard InChI is InChI=1S/C21H20N4/c1-2-4-16-15(3-1)11-18-21(16)17(7-10-24-18)20-13-23-12-19(25-20)14-5-8-22-9-6-14/h1-4,7,10,12-14,22H,5-6,8-9,11H2. The number of pyridine rings is 1. The first kappa shape index (κ1) is 14.7. The van der Waals surface area contributed by atoms with Crippen LogP contribution in [0.1, 0.15) is 35.7 Å². The van der Waals surface area contributed by atoms with Crippen molar-refractivity contribution >= 4 is 0 Å². The minimum Gasteiger partial charge on any atom is -0.317 e. The molecule has 5 rings (SSSR count). The second-order valence-corrected chi connectivity index (χ2v) is 6.87. The summed E-state index contributed by atoms with van der Waals surface area (Å²) in [5.41, 5.74) is 8.25. The molecule has 4 heteroatoms. The van der Waals surface area contributed by atoms with Crippen LogP contribution in [0.4, 0.5) is 0 Å². The van der Waals surface area contributed by atoms with Crippen LogP contribution < -0.4 is 5.32 Å². The van der Waals surface area contributed by atoms with E-state index >= 15 is 0 Å².